The number of nitrogens with one attached hydrogen (secondary N) is 4. The Morgan fingerprint density at radius 1 is 0.971 bits per heavy atom. The normalized spacial score (nSPS) is 14.3. The molecule has 0 bridgehead atoms. The monoisotopic (exact) mass is 485 g/mol. The highest BCUT2D eigenvalue weighted by atomic mass is 16.4. The zero-order chi connectivity index (χ0) is 25.7. The Labute approximate surface area is 194 Å². The number of carbonyl (C=O) groups is 5. The highest BCUT2D eigenvalue weighted by molar-refractivity contribution is 5.95. The number of aliphatic hydroxyl groups excluding tert-OH is 1. The molecule has 3 amide bonds. The summed E-state index contributed by atoms with van der Waals surface area (Å²) in [6.07, 6.45) is 3.26. The van der Waals surface area contributed by atoms with Crippen LogP contribution in [0.2, 0.25) is 0 Å². The summed E-state index contributed by atoms with van der Waals surface area (Å²) in [7, 11) is 0. The fraction of sp³-hybridized carbons (Fsp3) is 0.579. The largest absolute Gasteiger partial charge is 0.481 e. The maximum absolute atomic E-state index is 12.8. The Kier molecular flexibility index (Phi) is 12.2. The van der Waals surface area contributed by atoms with E-state index in [1.54, 1.807) is 0 Å². The van der Waals surface area contributed by atoms with E-state index in [4.69, 9.17) is 26.8 Å². The van der Waals surface area contributed by atoms with Crippen LogP contribution in [-0.4, -0.2) is 92.3 Å². The van der Waals surface area contributed by atoms with Crippen LogP contribution < -0.4 is 27.4 Å². The van der Waals surface area contributed by atoms with Gasteiger partial charge in [-0.2, -0.15) is 0 Å². The third kappa shape index (κ3) is 9.93. The molecule has 1 aromatic rings. The summed E-state index contributed by atoms with van der Waals surface area (Å²) in [6.45, 7) is -0.607. The lowest BCUT2D eigenvalue weighted by molar-refractivity contribution is -0.144. The molecule has 4 atom stereocenters. The number of carboxylic acids is 2. The van der Waals surface area contributed by atoms with Gasteiger partial charge in [0.15, 0.2) is 0 Å². The number of aromatic amines is 1. The molecule has 1 aromatic heterocycles. The van der Waals surface area contributed by atoms with Crippen molar-refractivity contribution >= 4 is 29.7 Å². The maximum atomic E-state index is 12.8. The molecule has 34 heavy (non-hydrogen) atoms. The Balaban J connectivity index is 2.92. The van der Waals surface area contributed by atoms with Gasteiger partial charge in [0, 0.05) is 18.3 Å². The average Bonchev–Trinajstić information content (AvgIpc) is 3.28. The average molecular weight is 485 g/mol. The Bertz CT molecular complexity index is 833. The van der Waals surface area contributed by atoms with E-state index in [0.29, 0.717) is 25.1 Å². The van der Waals surface area contributed by atoms with Gasteiger partial charge in [0.25, 0.3) is 0 Å². The number of amides is 3. The molecule has 11 N–H and O–H groups in total. The maximum Gasteiger partial charge on any atom is 0.328 e. The molecule has 0 aromatic carbocycles. The molecule has 0 saturated heterocycles. The lowest BCUT2D eigenvalue weighted by atomic mass is 10.1. The minimum atomic E-state index is -1.69. The molecule has 4 unspecified atom stereocenters. The van der Waals surface area contributed by atoms with Gasteiger partial charge in [0.2, 0.25) is 17.7 Å². The highest BCUT2D eigenvalue weighted by Crippen LogP contribution is 2.05. The molecule has 0 aliphatic heterocycles. The van der Waals surface area contributed by atoms with Gasteiger partial charge in [-0.3, -0.25) is 19.2 Å². The number of hydrogen-bond acceptors (Lipinski definition) is 9. The van der Waals surface area contributed by atoms with E-state index in [2.05, 4.69) is 20.6 Å². The predicted octanol–water partition coefficient (Wildman–Crippen LogP) is -3.59. The number of carboxylic acid groups (broad SMARTS) is 2. The number of H-pyrrole nitrogens is 1. The van der Waals surface area contributed by atoms with Gasteiger partial charge in [0.05, 0.1) is 25.4 Å². The summed E-state index contributed by atoms with van der Waals surface area (Å²) < 4.78 is 0. The topological polar surface area (TPSA) is 263 Å². The van der Waals surface area contributed by atoms with E-state index in [1.807, 2.05) is 5.32 Å². The fourth-order valence-electron chi connectivity index (χ4n) is 2.88. The number of aliphatic carboxylic acids is 2. The second-order valence-corrected chi connectivity index (χ2v) is 7.47. The van der Waals surface area contributed by atoms with Crippen LogP contribution in [0, 0.1) is 0 Å². The van der Waals surface area contributed by atoms with Crippen molar-refractivity contribution in [1.82, 2.24) is 25.9 Å². The second kappa shape index (κ2) is 14.6. The summed E-state index contributed by atoms with van der Waals surface area (Å²) in [5.41, 5.74) is 12.0. The number of aromatic nitrogens is 2. The molecule has 0 saturated carbocycles. The highest BCUT2D eigenvalue weighted by Gasteiger charge is 2.31. The lowest BCUT2D eigenvalue weighted by Gasteiger charge is -2.24. The van der Waals surface area contributed by atoms with Crippen molar-refractivity contribution in [2.24, 2.45) is 11.5 Å². The first-order chi connectivity index (χ1) is 16.1. The summed E-state index contributed by atoms with van der Waals surface area (Å²) in [5.74, 6) is -5.64. The van der Waals surface area contributed by atoms with Crippen molar-refractivity contribution in [1.29, 1.82) is 0 Å². The Morgan fingerprint density at radius 3 is 2.12 bits per heavy atom. The molecule has 1 rings (SSSR count). The number of unbranched alkanes of at least 4 members (excludes halogenated alkanes) is 1. The van der Waals surface area contributed by atoms with Crippen molar-refractivity contribution in [2.45, 2.75) is 56.3 Å². The quantitative estimate of drug-likeness (QED) is 0.103. The molecule has 0 spiro atoms. The standard InChI is InChI=1S/C19H31N7O8/c20-4-2-1-3-12(24-16(30)11(21)5-10-7-22-9-23-10)17(31)25-13(6-15(28)29)18(32)26-14(8-27)19(33)34/h7,9,11-14,27H,1-6,8,20-21H2,(H,22,23)(H,24,30)(H,25,31)(H,26,32)(H,28,29)(H,33,34). The molecule has 190 valence electrons. The second-order valence-electron chi connectivity index (χ2n) is 7.47. The van der Waals surface area contributed by atoms with Gasteiger partial charge in [0.1, 0.15) is 18.1 Å². The first-order valence-corrected chi connectivity index (χ1v) is 10.5. The van der Waals surface area contributed by atoms with Crippen LogP contribution in [0.1, 0.15) is 31.4 Å². The number of nitrogens with two attached hydrogens (primary N) is 2. The molecular weight excluding hydrogens is 454 g/mol. The molecular formula is C19H31N7O8. The van der Waals surface area contributed by atoms with E-state index in [-0.39, 0.29) is 12.8 Å². The lowest BCUT2D eigenvalue weighted by Crippen LogP contribution is -2.58. The van der Waals surface area contributed by atoms with Crippen molar-refractivity contribution in [2.75, 3.05) is 13.2 Å². The van der Waals surface area contributed by atoms with Gasteiger partial charge in [-0.1, -0.05) is 0 Å². The van der Waals surface area contributed by atoms with Crippen molar-refractivity contribution in [3.8, 4) is 0 Å². The number of carbonyl (C=O) groups excluding carboxylic acids is 3. The van der Waals surface area contributed by atoms with Crippen LogP contribution in [0.4, 0.5) is 0 Å². The van der Waals surface area contributed by atoms with Crippen LogP contribution in [-0.2, 0) is 30.4 Å². The zero-order valence-corrected chi connectivity index (χ0v) is 18.4. The molecule has 1 heterocycles. The first kappa shape index (κ1) is 28.5. The van der Waals surface area contributed by atoms with Gasteiger partial charge < -0.3 is 47.7 Å². The number of hydrogen-bond donors (Lipinski definition) is 9. The molecule has 0 aliphatic carbocycles. The number of aliphatic hydroxyl groups is 1. The molecule has 0 radical (unpaired) electrons. The molecule has 0 aliphatic rings. The van der Waals surface area contributed by atoms with E-state index < -0.39 is 66.9 Å². The van der Waals surface area contributed by atoms with Crippen molar-refractivity contribution in [3.05, 3.63) is 18.2 Å². The van der Waals surface area contributed by atoms with Crippen LogP contribution >= 0.6 is 0 Å². The minimum Gasteiger partial charge on any atom is -0.481 e. The fourth-order valence-corrected chi connectivity index (χ4v) is 2.88. The van der Waals surface area contributed by atoms with Crippen LogP contribution in [0.25, 0.3) is 0 Å². The van der Waals surface area contributed by atoms with E-state index in [0.717, 1.165) is 0 Å². The third-order valence-electron chi connectivity index (χ3n) is 4.72. The van der Waals surface area contributed by atoms with Crippen LogP contribution in [0.15, 0.2) is 12.5 Å². The number of rotatable bonds is 16. The SMILES string of the molecule is NCCCCC(NC(=O)C(N)Cc1cnc[nH]1)C(=O)NC(CC(=O)O)C(=O)NC(CO)C(=O)O. The van der Waals surface area contributed by atoms with Gasteiger partial charge in [-0.05, 0) is 25.8 Å². The minimum absolute atomic E-state index is 0.116. The third-order valence-corrected chi connectivity index (χ3v) is 4.72. The van der Waals surface area contributed by atoms with Crippen molar-refractivity contribution in [3.63, 3.8) is 0 Å². The first-order valence-electron chi connectivity index (χ1n) is 10.5. The van der Waals surface area contributed by atoms with E-state index >= 15 is 0 Å². The van der Waals surface area contributed by atoms with Gasteiger partial charge in [-0.15, -0.1) is 0 Å². The Hall–Kier alpha value is -3.56. The van der Waals surface area contributed by atoms with Gasteiger partial charge in [-0.25, -0.2) is 9.78 Å². The Morgan fingerprint density at radius 2 is 1.59 bits per heavy atom. The molecule has 0 fully saturated rings. The zero-order valence-electron chi connectivity index (χ0n) is 18.4. The van der Waals surface area contributed by atoms with Crippen LogP contribution in [0.5, 0.6) is 0 Å². The summed E-state index contributed by atoms with van der Waals surface area (Å²) in [5, 5.41) is 33.8. The van der Waals surface area contributed by atoms with Crippen molar-refractivity contribution < 1.29 is 39.3 Å². The van der Waals surface area contributed by atoms with E-state index in [9.17, 15) is 24.0 Å². The van der Waals surface area contributed by atoms with Crippen LogP contribution in [0.3, 0.4) is 0 Å². The number of imidazole rings is 1. The number of nitrogens with zero attached hydrogens (tertiary/aromatic N) is 1. The van der Waals surface area contributed by atoms with Gasteiger partial charge >= 0.3 is 11.9 Å². The summed E-state index contributed by atoms with van der Waals surface area (Å²) in [4.78, 5) is 66.6. The predicted molar refractivity (Wildman–Crippen MR) is 116 cm³/mol. The molecule has 15 heteroatoms. The summed E-state index contributed by atoms with van der Waals surface area (Å²) in [6, 6.07) is -5.54. The van der Waals surface area contributed by atoms with E-state index in [1.165, 1.54) is 12.5 Å². The smallest absolute Gasteiger partial charge is 0.328 e. The molecule has 15 nitrogen and oxygen atoms in total. The summed E-state index contributed by atoms with van der Waals surface area (Å²) >= 11 is 0.